The van der Waals surface area contributed by atoms with Gasteiger partial charge >= 0.3 is 11.9 Å². The van der Waals surface area contributed by atoms with E-state index >= 15 is 0 Å². The monoisotopic (exact) mass is 388 g/mol. The first-order valence-electron chi connectivity index (χ1n) is 7.82. The predicted octanol–water partition coefficient (Wildman–Crippen LogP) is 2.68. The van der Waals surface area contributed by atoms with Crippen molar-refractivity contribution in [3.63, 3.8) is 0 Å². The Morgan fingerprint density at radius 3 is 2.48 bits per heavy atom. The maximum absolute atomic E-state index is 12.1. The number of rotatable bonds is 7. The molecule has 0 saturated heterocycles. The van der Waals surface area contributed by atoms with Crippen LogP contribution in [0.2, 0.25) is 0 Å². The summed E-state index contributed by atoms with van der Waals surface area (Å²) >= 11 is 2.15. The van der Waals surface area contributed by atoms with E-state index in [4.69, 9.17) is 15.2 Å². The summed E-state index contributed by atoms with van der Waals surface area (Å²) in [6.07, 6.45) is 0.255. The van der Waals surface area contributed by atoms with E-state index in [1.165, 1.54) is 6.92 Å². The van der Waals surface area contributed by atoms with E-state index in [1.54, 1.807) is 27.7 Å². The first-order valence-corrected chi connectivity index (χ1v) is 9.62. The van der Waals surface area contributed by atoms with Gasteiger partial charge in [-0.3, -0.25) is 9.59 Å². The van der Waals surface area contributed by atoms with E-state index in [-0.39, 0.29) is 34.7 Å². The molecule has 1 aromatic rings. The van der Waals surface area contributed by atoms with E-state index in [9.17, 15) is 14.4 Å². The smallest absolute Gasteiger partial charge is 0.368 e. The average Bonchev–Trinajstić information content (AvgIpc) is 2.83. The normalized spacial score (nSPS) is 12.5. The Hall–Kier alpha value is -1.61. The fraction of sp³-hybridized carbons (Fsp3) is 0.625. The van der Waals surface area contributed by atoms with Crippen LogP contribution in [0.15, 0.2) is 0 Å². The van der Waals surface area contributed by atoms with Crippen LogP contribution in [-0.4, -0.2) is 40.0 Å². The lowest BCUT2D eigenvalue weighted by molar-refractivity contribution is -0.147. The average molecular weight is 389 g/mol. The van der Waals surface area contributed by atoms with Crippen LogP contribution in [0.4, 0.5) is 5.82 Å². The van der Waals surface area contributed by atoms with Crippen LogP contribution in [0.3, 0.4) is 0 Å². The van der Waals surface area contributed by atoms with Gasteiger partial charge in [-0.15, -0.1) is 11.3 Å². The molecule has 25 heavy (non-hydrogen) atoms. The van der Waals surface area contributed by atoms with Gasteiger partial charge in [0.05, 0.1) is 12.5 Å². The van der Waals surface area contributed by atoms with Gasteiger partial charge in [0, 0.05) is 17.6 Å². The third-order valence-electron chi connectivity index (χ3n) is 2.84. The number of anilines is 1. The Morgan fingerprint density at radius 1 is 1.32 bits per heavy atom. The second-order valence-corrected chi connectivity index (χ2v) is 8.57. The summed E-state index contributed by atoms with van der Waals surface area (Å²) in [5.74, 6) is -1.02. The van der Waals surface area contributed by atoms with Crippen LogP contribution >= 0.6 is 23.1 Å². The van der Waals surface area contributed by atoms with Crippen molar-refractivity contribution in [2.45, 2.75) is 46.6 Å². The van der Waals surface area contributed by atoms with Gasteiger partial charge in [-0.2, -0.15) is 0 Å². The van der Waals surface area contributed by atoms with Crippen molar-refractivity contribution in [2.24, 2.45) is 5.92 Å². The highest BCUT2D eigenvalue weighted by atomic mass is 32.2. The summed E-state index contributed by atoms with van der Waals surface area (Å²) in [6.45, 7) is 8.69. The van der Waals surface area contributed by atoms with E-state index < -0.39 is 23.5 Å². The first-order chi connectivity index (χ1) is 11.5. The predicted molar refractivity (Wildman–Crippen MR) is 98.7 cm³/mol. The maximum Gasteiger partial charge on any atom is 0.368 e. The summed E-state index contributed by atoms with van der Waals surface area (Å²) in [5.41, 5.74) is 5.25. The highest BCUT2D eigenvalue weighted by Gasteiger charge is 2.26. The minimum atomic E-state index is -0.636. The zero-order valence-electron chi connectivity index (χ0n) is 15.1. The molecular weight excluding hydrogens is 364 g/mol. The van der Waals surface area contributed by atoms with Crippen molar-refractivity contribution in [1.29, 1.82) is 0 Å². The number of thiazole rings is 1. The molecule has 0 fully saturated rings. The molecular formula is C16H24N2O5S2. The molecule has 9 heteroatoms. The molecule has 1 atom stereocenters. The van der Waals surface area contributed by atoms with Gasteiger partial charge in [-0.1, -0.05) is 11.8 Å². The van der Waals surface area contributed by atoms with Crippen LogP contribution in [0, 0.1) is 5.92 Å². The van der Waals surface area contributed by atoms with Crippen LogP contribution in [0.1, 0.15) is 49.3 Å². The van der Waals surface area contributed by atoms with Crippen molar-refractivity contribution in [2.75, 3.05) is 18.1 Å². The fourth-order valence-electron chi connectivity index (χ4n) is 1.83. The molecule has 0 aliphatic rings. The molecule has 140 valence electrons. The van der Waals surface area contributed by atoms with Crippen LogP contribution < -0.4 is 5.73 Å². The molecule has 0 aliphatic heterocycles. The summed E-state index contributed by atoms with van der Waals surface area (Å²) in [4.78, 5) is 40.0. The number of nitrogens with two attached hydrogens (primary N) is 1. The highest BCUT2D eigenvalue weighted by molar-refractivity contribution is 8.13. The molecule has 0 amide bonds. The van der Waals surface area contributed by atoms with Crippen LogP contribution in [0.5, 0.6) is 0 Å². The van der Waals surface area contributed by atoms with E-state index in [0.717, 1.165) is 23.1 Å². The number of hydrogen-bond donors (Lipinski definition) is 1. The van der Waals surface area contributed by atoms with E-state index in [0.29, 0.717) is 4.88 Å². The topological polar surface area (TPSA) is 109 Å². The van der Waals surface area contributed by atoms with Crippen LogP contribution in [-0.2, 0) is 25.5 Å². The van der Waals surface area contributed by atoms with Crippen molar-refractivity contribution in [3.8, 4) is 0 Å². The van der Waals surface area contributed by atoms with Gasteiger partial charge in [-0.05, 0) is 34.1 Å². The van der Waals surface area contributed by atoms with Gasteiger partial charge in [0.15, 0.2) is 5.12 Å². The molecule has 1 aromatic heterocycles. The van der Waals surface area contributed by atoms with Crippen molar-refractivity contribution >= 4 is 46.0 Å². The van der Waals surface area contributed by atoms with Crippen molar-refractivity contribution in [3.05, 3.63) is 9.88 Å². The second kappa shape index (κ2) is 9.19. The molecule has 0 saturated carbocycles. The number of esters is 2. The molecule has 1 unspecified atom stereocenters. The SMILES string of the molecule is CCOC(=O)C(CSC(C)=O)Cc1sc(C(=O)OC(C)(C)C)nc1N. The molecule has 0 spiro atoms. The molecule has 1 heterocycles. The van der Waals surface area contributed by atoms with Gasteiger partial charge in [0.2, 0.25) is 5.01 Å². The number of carbonyl (C=O) groups is 3. The summed E-state index contributed by atoms with van der Waals surface area (Å²) in [6, 6.07) is 0. The molecule has 2 N–H and O–H groups in total. The zero-order chi connectivity index (χ0) is 19.2. The lowest BCUT2D eigenvalue weighted by Crippen LogP contribution is -2.23. The number of ether oxygens (including phenoxy) is 2. The number of nitrogens with zero attached hydrogens (tertiary/aromatic N) is 1. The van der Waals surface area contributed by atoms with E-state index in [1.807, 2.05) is 0 Å². The van der Waals surface area contributed by atoms with Gasteiger partial charge < -0.3 is 15.2 Å². The Kier molecular flexibility index (Phi) is 7.88. The minimum Gasteiger partial charge on any atom is -0.466 e. The van der Waals surface area contributed by atoms with Gasteiger partial charge in [0.25, 0.3) is 0 Å². The lowest BCUT2D eigenvalue weighted by Gasteiger charge is -2.18. The Morgan fingerprint density at radius 2 is 1.96 bits per heavy atom. The number of thioether (sulfide) groups is 1. The largest absolute Gasteiger partial charge is 0.466 e. The number of carbonyl (C=O) groups excluding carboxylic acids is 3. The first kappa shape index (κ1) is 21.4. The third-order valence-corrected chi connectivity index (χ3v) is 4.89. The second-order valence-electron chi connectivity index (χ2n) is 6.29. The number of nitrogen functional groups attached to an aromatic ring is 1. The summed E-state index contributed by atoms with van der Waals surface area (Å²) < 4.78 is 10.3. The van der Waals surface area contributed by atoms with Crippen LogP contribution in [0.25, 0.3) is 0 Å². The quantitative estimate of drug-likeness (QED) is 0.710. The Balaban J connectivity index is 2.91. The van der Waals surface area contributed by atoms with Crippen molar-refractivity contribution < 1.29 is 23.9 Å². The lowest BCUT2D eigenvalue weighted by atomic mass is 10.1. The Bertz CT molecular complexity index is 637. The minimum absolute atomic E-state index is 0.0824. The number of hydrogen-bond acceptors (Lipinski definition) is 9. The molecule has 0 aromatic carbocycles. The third kappa shape index (κ3) is 7.43. The molecule has 1 rings (SSSR count). The summed E-state index contributed by atoms with van der Waals surface area (Å²) in [7, 11) is 0. The summed E-state index contributed by atoms with van der Waals surface area (Å²) in [5, 5.41) is 0.0604. The van der Waals surface area contributed by atoms with Gasteiger partial charge in [0.1, 0.15) is 11.4 Å². The molecule has 0 bridgehead atoms. The molecule has 7 nitrogen and oxygen atoms in total. The highest BCUT2D eigenvalue weighted by Crippen LogP contribution is 2.27. The Labute approximate surface area is 155 Å². The van der Waals surface area contributed by atoms with Gasteiger partial charge in [-0.25, -0.2) is 9.78 Å². The molecule has 0 radical (unpaired) electrons. The zero-order valence-corrected chi connectivity index (χ0v) is 16.7. The standard InChI is InChI=1S/C16H24N2O5S2/c1-6-22-14(20)10(8-24-9(2)19)7-11-12(17)18-13(25-11)15(21)23-16(3,4)5/h10H,6-8,17H2,1-5H3. The van der Waals surface area contributed by atoms with Crippen molar-refractivity contribution in [1.82, 2.24) is 4.98 Å². The maximum atomic E-state index is 12.1. The fourth-order valence-corrected chi connectivity index (χ4v) is 3.46. The van der Waals surface area contributed by atoms with E-state index in [2.05, 4.69) is 4.98 Å². The molecule has 0 aliphatic carbocycles. The number of aromatic nitrogens is 1.